The summed E-state index contributed by atoms with van der Waals surface area (Å²) in [5, 5.41) is 2.95. The van der Waals surface area contributed by atoms with Crippen molar-refractivity contribution in [2.75, 3.05) is 40.0 Å². The first kappa shape index (κ1) is 21.8. The number of carbonyl (C=O) groups is 1. The van der Waals surface area contributed by atoms with Crippen LogP contribution in [0.5, 0.6) is 5.75 Å². The van der Waals surface area contributed by atoms with Gasteiger partial charge in [0.1, 0.15) is 10.6 Å². The van der Waals surface area contributed by atoms with Gasteiger partial charge in [-0.1, -0.05) is 25.3 Å². The summed E-state index contributed by atoms with van der Waals surface area (Å²) in [7, 11) is -2.25. The van der Waals surface area contributed by atoms with E-state index in [1.54, 1.807) is 24.3 Å². The van der Waals surface area contributed by atoms with Gasteiger partial charge >= 0.3 is 0 Å². The molecule has 3 rings (SSSR count). The first-order valence-electron chi connectivity index (χ1n) is 10.2. The maximum absolute atomic E-state index is 13.0. The van der Waals surface area contributed by atoms with Crippen LogP contribution in [-0.4, -0.2) is 58.6 Å². The molecule has 0 bridgehead atoms. The molecule has 1 amide bonds. The van der Waals surface area contributed by atoms with Gasteiger partial charge in [-0.05, 0) is 42.5 Å². The molecular formula is C21H30N2O5S. The fraction of sp³-hybridized carbons (Fsp3) is 0.571. The Kier molecular flexibility index (Phi) is 7.69. The average molecular weight is 423 g/mol. The Morgan fingerprint density at radius 2 is 1.97 bits per heavy atom. The maximum atomic E-state index is 13.0. The maximum Gasteiger partial charge on any atom is 0.246 e. The summed E-state index contributed by atoms with van der Waals surface area (Å²) in [5.74, 6) is 0.687. The lowest BCUT2D eigenvalue weighted by Crippen LogP contribution is -2.40. The van der Waals surface area contributed by atoms with E-state index in [2.05, 4.69) is 5.32 Å². The van der Waals surface area contributed by atoms with Crippen molar-refractivity contribution in [1.29, 1.82) is 0 Å². The molecule has 1 saturated heterocycles. The number of hydrogen-bond acceptors (Lipinski definition) is 5. The van der Waals surface area contributed by atoms with Gasteiger partial charge in [-0.3, -0.25) is 4.79 Å². The number of rotatable bonds is 7. The van der Waals surface area contributed by atoms with Crippen molar-refractivity contribution in [1.82, 2.24) is 9.62 Å². The van der Waals surface area contributed by atoms with Crippen molar-refractivity contribution in [3.8, 4) is 5.75 Å². The van der Waals surface area contributed by atoms with Crippen LogP contribution in [0, 0.1) is 5.92 Å². The van der Waals surface area contributed by atoms with E-state index in [0.29, 0.717) is 44.3 Å². The second kappa shape index (κ2) is 10.2. The van der Waals surface area contributed by atoms with Crippen LogP contribution in [0.1, 0.15) is 37.7 Å². The number of morpholine rings is 1. The van der Waals surface area contributed by atoms with Crippen molar-refractivity contribution in [3.63, 3.8) is 0 Å². The molecule has 29 heavy (non-hydrogen) atoms. The van der Waals surface area contributed by atoms with Gasteiger partial charge in [0.05, 0.1) is 20.3 Å². The molecule has 8 heteroatoms. The van der Waals surface area contributed by atoms with Gasteiger partial charge in [0.2, 0.25) is 15.9 Å². The fourth-order valence-electron chi connectivity index (χ4n) is 3.79. The van der Waals surface area contributed by atoms with Crippen LogP contribution in [-0.2, 0) is 19.6 Å². The Morgan fingerprint density at radius 1 is 1.24 bits per heavy atom. The highest BCUT2D eigenvalue weighted by atomic mass is 32.2. The summed E-state index contributed by atoms with van der Waals surface area (Å²) in [6, 6.07) is 4.91. The second-order valence-corrected chi connectivity index (χ2v) is 9.42. The lowest BCUT2D eigenvalue weighted by atomic mass is 9.89. The van der Waals surface area contributed by atoms with Gasteiger partial charge < -0.3 is 14.8 Å². The molecule has 1 aromatic rings. The molecule has 7 nitrogen and oxygen atoms in total. The molecule has 0 unspecified atom stereocenters. The number of amides is 1. The molecule has 2 aliphatic rings. The van der Waals surface area contributed by atoms with E-state index in [9.17, 15) is 13.2 Å². The Hall–Kier alpha value is -1.90. The minimum absolute atomic E-state index is 0.103. The van der Waals surface area contributed by atoms with Crippen molar-refractivity contribution < 1.29 is 22.7 Å². The first-order chi connectivity index (χ1) is 14.0. The van der Waals surface area contributed by atoms with Crippen molar-refractivity contribution in [3.05, 3.63) is 29.8 Å². The normalized spacial score (nSPS) is 19.3. The number of nitrogens with zero attached hydrogens (tertiary/aromatic N) is 1. The van der Waals surface area contributed by atoms with E-state index in [-0.39, 0.29) is 16.6 Å². The Morgan fingerprint density at radius 3 is 2.66 bits per heavy atom. The summed E-state index contributed by atoms with van der Waals surface area (Å²) < 4.78 is 38.0. The van der Waals surface area contributed by atoms with Gasteiger partial charge in [-0.2, -0.15) is 4.31 Å². The average Bonchev–Trinajstić information content (AvgIpc) is 2.77. The third-order valence-corrected chi connectivity index (χ3v) is 7.41. The Labute approximate surface area is 173 Å². The van der Waals surface area contributed by atoms with Crippen LogP contribution in [0.15, 0.2) is 29.2 Å². The molecule has 0 spiro atoms. The standard InChI is InChI=1S/C21H30N2O5S/c1-27-19-9-7-17(8-10-21(24)22-16-18-5-3-2-4-6-18)15-20(19)29(25,26)23-11-13-28-14-12-23/h7-10,15,18H,2-6,11-14,16H2,1H3,(H,22,24). The van der Waals surface area contributed by atoms with Crippen LogP contribution < -0.4 is 10.1 Å². The predicted molar refractivity (Wildman–Crippen MR) is 111 cm³/mol. The third kappa shape index (κ3) is 5.81. The minimum Gasteiger partial charge on any atom is -0.495 e. The van der Waals surface area contributed by atoms with E-state index >= 15 is 0 Å². The number of methoxy groups -OCH3 is 1. The number of carbonyl (C=O) groups excluding carboxylic acids is 1. The molecule has 1 aromatic carbocycles. The van der Waals surface area contributed by atoms with Gasteiger partial charge in [0, 0.05) is 25.7 Å². The molecule has 1 aliphatic carbocycles. The van der Waals surface area contributed by atoms with E-state index in [1.807, 2.05) is 0 Å². The van der Waals surface area contributed by atoms with Crippen LogP contribution in [0.4, 0.5) is 0 Å². The summed E-state index contributed by atoms with van der Waals surface area (Å²) in [4.78, 5) is 12.3. The molecule has 160 valence electrons. The zero-order chi connectivity index (χ0) is 20.7. The van der Waals surface area contributed by atoms with E-state index in [0.717, 1.165) is 0 Å². The van der Waals surface area contributed by atoms with Gasteiger partial charge in [0.15, 0.2) is 0 Å². The predicted octanol–water partition coefficient (Wildman–Crippen LogP) is 2.43. The van der Waals surface area contributed by atoms with E-state index < -0.39 is 10.0 Å². The summed E-state index contributed by atoms with van der Waals surface area (Å²) in [6.07, 6.45) is 9.20. The monoisotopic (exact) mass is 422 g/mol. The molecule has 1 aliphatic heterocycles. The number of hydrogen-bond donors (Lipinski definition) is 1. The number of benzene rings is 1. The van der Waals surface area contributed by atoms with Gasteiger partial charge in [-0.15, -0.1) is 0 Å². The molecule has 2 fully saturated rings. The minimum atomic E-state index is -3.70. The fourth-order valence-corrected chi connectivity index (χ4v) is 5.39. The van der Waals surface area contributed by atoms with E-state index in [1.165, 1.54) is 49.6 Å². The number of sulfonamides is 1. The van der Waals surface area contributed by atoms with Crippen LogP contribution in [0.25, 0.3) is 6.08 Å². The first-order valence-corrected chi connectivity index (χ1v) is 11.7. The van der Waals surface area contributed by atoms with Crippen molar-refractivity contribution >= 4 is 22.0 Å². The summed E-state index contributed by atoms with van der Waals surface area (Å²) in [6.45, 7) is 2.08. The smallest absolute Gasteiger partial charge is 0.246 e. The molecule has 1 heterocycles. The highest BCUT2D eigenvalue weighted by molar-refractivity contribution is 7.89. The zero-order valence-corrected chi connectivity index (χ0v) is 17.7. The SMILES string of the molecule is COc1ccc(C=CC(=O)NCC2CCCCC2)cc1S(=O)(=O)N1CCOCC1. The summed E-state index contributed by atoms with van der Waals surface area (Å²) in [5.41, 5.74) is 0.630. The van der Waals surface area contributed by atoms with Crippen LogP contribution in [0.3, 0.4) is 0 Å². The van der Waals surface area contributed by atoms with E-state index in [4.69, 9.17) is 9.47 Å². The number of nitrogens with one attached hydrogen (secondary N) is 1. The largest absolute Gasteiger partial charge is 0.495 e. The zero-order valence-electron chi connectivity index (χ0n) is 16.9. The highest BCUT2D eigenvalue weighted by Gasteiger charge is 2.29. The molecule has 0 radical (unpaired) electrons. The molecule has 0 atom stereocenters. The molecule has 1 saturated carbocycles. The van der Waals surface area contributed by atoms with Crippen molar-refractivity contribution in [2.24, 2.45) is 5.92 Å². The molecule has 1 N–H and O–H groups in total. The quantitative estimate of drug-likeness (QED) is 0.682. The lowest BCUT2D eigenvalue weighted by Gasteiger charge is -2.26. The molecule has 0 aromatic heterocycles. The Bertz CT molecular complexity index is 825. The topological polar surface area (TPSA) is 84.9 Å². The van der Waals surface area contributed by atoms with Crippen LogP contribution in [0.2, 0.25) is 0 Å². The lowest BCUT2D eigenvalue weighted by molar-refractivity contribution is -0.116. The second-order valence-electron chi connectivity index (χ2n) is 7.51. The summed E-state index contributed by atoms with van der Waals surface area (Å²) >= 11 is 0. The third-order valence-electron chi connectivity index (χ3n) is 5.49. The van der Waals surface area contributed by atoms with Gasteiger partial charge in [0.25, 0.3) is 0 Å². The molecular weight excluding hydrogens is 392 g/mol. The highest BCUT2D eigenvalue weighted by Crippen LogP contribution is 2.29. The van der Waals surface area contributed by atoms with Gasteiger partial charge in [-0.25, -0.2) is 8.42 Å². The van der Waals surface area contributed by atoms with Crippen LogP contribution >= 0.6 is 0 Å². The Balaban J connectivity index is 1.69. The number of ether oxygens (including phenoxy) is 2. The van der Waals surface area contributed by atoms with Crippen molar-refractivity contribution in [2.45, 2.75) is 37.0 Å².